The van der Waals surface area contributed by atoms with E-state index in [1.165, 1.54) is 24.2 Å². The van der Waals surface area contributed by atoms with E-state index in [0.29, 0.717) is 22.0 Å². The molecule has 1 fully saturated rings. The molecular weight excluding hydrogens is 494 g/mol. The number of thioether (sulfide) groups is 1. The average molecular weight is 526 g/mol. The number of hydrogen-bond acceptors (Lipinski definition) is 3. The molecule has 8 heteroatoms. The number of nitrogens with one attached hydrogen (secondary N) is 1. The van der Waals surface area contributed by atoms with Crippen molar-refractivity contribution in [3.8, 4) is 0 Å². The Morgan fingerprint density at radius 2 is 1.79 bits per heavy atom. The molecule has 184 valence electrons. The molecule has 0 radical (unpaired) electrons. The third-order valence-corrected chi connectivity index (χ3v) is 7.84. The van der Waals surface area contributed by atoms with Crippen LogP contribution < -0.4 is 5.32 Å². The van der Waals surface area contributed by atoms with Crippen LogP contribution in [0.5, 0.6) is 0 Å². The van der Waals surface area contributed by atoms with Gasteiger partial charge >= 0.3 is 0 Å². The van der Waals surface area contributed by atoms with Gasteiger partial charge in [-0.15, -0.1) is 11.8 Å². The first-order chi connectivity index (χ1) is 16.4. The molecule has 0 bridgehead atoms. The van der Waals surface area contributed by atoms with Gasteiger partial charge in [0.25, 0.3) is 0 Å². The van der Waals surface area contributed by atoms with Crippen LogP contribution in [0, 0.1) is 5.82 Å². The number of carbonyl (C=O) groups is 2. The van der Waals surface area contributed by atoms with E-state index in [1.807, 2.05) is 25.1 Å². The molecule has 4 nitrogen and oxygen atoms in total. The zero-order valence-corrected chi connectivity index (χ0v) is 21.7. The van der Waals surface area contributed by atoms with Crippen LogP contribution in [0.15, 0.2) is 42.5 Å². The monoisotopic (exact) mass is 524 g/mol. The minimum Gasteiger partial charge on any atom is -0.352 e. The highest BCUT2D eigenvalue weighted by atomic mass is 35.5. The Balaban J connectivity index is 1.73. The molecule has 1 aliphatic rings. The lowest BCUT2D eigenvalue weighted by Gasteiger charge is -2.33. The second-order valence-corrected chi connectivity index (χ2v) is 10.4. The third kappa shape index (κ3) is 7.37. The second-order valence-electron chi connectivity index (χ2n) is 8.57. The summed E-state index contributed by atoms with van der Waals surface area (Å²) in [5, 5.41) is 4.05. The molecule has 1 atom stereocenters. The molecule has 0 spiro atoms. The zero-order valence-electron chi connectivity index (χ0n) is 19.4. The van der Waals surface area contributed by atoms with Crippen LogP contribution in [-0.4, -0.2) is 34.6 Å². The fourth-order valence-corrected chi connectivity index (χ4v) is 5.71. The third-order valence-electron chi connectivity index (χ3n) is 6.17. The van der Waals surface area contributed by atoms with Crippen molar-refractivity contribution < 1.29 is 14.0 Å². The van der Waals surface area contributed by atoms with Gasteiger partial charge in [-0.1, -0.05) is 73.7 Å². The van der Waals surface area contributed by atoms with E-state index in [0.717, 1.165) is 31.2 Å². The van der Waals surface area contributed by atoms with Crippen molar-refractivity contribution in [2.45, 2.75) is 69.8 Å². The smallest absolute Gasteiger partial charge is 0.243 e. The van der Waals surface area contributed by atoms with Crippen molar-refractivity contribution in [2.75, 3.05) is 5.75 Å². The fourth-order valence-electron chi connectivity index (χ4n) is 4.27. The van der Waals surface area contributed by atoms with Crippen molar-refractivity contribution in [1.82, 2.24) is 10.2 Å². The summed E-state index contributed by atoms with van der Waals surface area (Å²) in [6.07, 6.45) is 5.85. The van der Waals surface area contributed by atoms with Gasteiger partial charge in [0.1, 0.15) is 11.9 Å². The Morgan fingerprint density at radius 3 is 2.47 bits per heavy atom. The van der Waals surface area contributed by atoms with Crippen molar-refractivity contribution in [2.24, 2.45) is 0 Å². The number of halogens is 3. The molecule has 2 aromatic carbocycles. The van der Waals surface area contributed by atoms with Gasteiger partial charge in [0.15, 0.2) is 0 Å². The molecule has 0 aliphatic heterocycles. The lowest BCUT2D eigenvalue weighted by molar-refractivity contribution is -0.139. The first-order valence-corrected chi connectivity index (χ1v) is 13.7. The molecule has 2 amide bonds. The predicted octanol–water partition coefficient (Wildman–Crippen LogP) is 6.62. The van der Waals surface area contributed by atoms with Gasteiger partial charge in [-0.25, -0.2) is 4.39 Å². The van der Waals surface area contributed by atoms with Crippen molar-refractivity contribution in [3.63, 3.8) is 0 Å². The van der Waals surface area contributed by atoms with Crippen LogP contribution in [0.1, 0.15) is 56.6 Å². The molecule has 1 N–H and O–H groups in total. The first kappa shape index (κ1) is 26.8. The highest BCUT2D eigenvalue weighted by Gasteiger charge is 2.30. The topological polar surface area (TPSA) is 49.4 Å². The number of rotatable bonds is 10. The first-order valence-electron chi connectivity index (χ1n) is 11.7. The number of nitrogens with zero attached hydrogens (tertiary/aromatic N) is 1. The van der Waals surface area contributed by atoms with Crippen molar-refractivity contribution in [3.05, 3.63) is 69.5 Å². The van der Waals surface area contributed by atoms with Crippen LogP contribution in [0.25, 0.3) is 0 Å². The Kier molecular flexibility index (Phi) is 10.5. The van der Waals surface area contributed by atoms with E-state index in [9.17, 15) is 14.0 Å². The van der Waals surface area contributed by atoms with Crippen LogP contribution >= 0.6 is 35.0 Å². The highest BCUT2D eigenvalue weighted by Crippen LogP contribution is 2.26. The maximum atomic E-state index is 14.1. The van der Waals surface area contributed by atoms with E-state index in [4.69, 9.17) is 23.2 Å². The van der Waals surface area contributed by atoms with Gasteiger partial charge in [0, 0.05) is 33.9 Å². The quantitative estimate of drug-likeness (QED) is 0.379. The van der Waals surface area contributed by atoms with E-state index in [1.54, 1.807) is 23.1 Å². The van der Waals surface area contributed by atoms with Crippen LogP contribution in [0.4, 0.5) is 4.39 Å². The normalized spacial score (nSPS) is 15.1. The summed E-state index contributed by atoms with van der Waals surface area (Å²) in [6.45, 7) is 2.14. The summed E-state index contributed by atoms with van der Waals surface area (Å²) >= 11 is 13.8. The Bertz CT molecular complexity index is 965. The summed E-state index contributed by atoms with van der Waals surface area (Å²) in [6, 6.07) is 11.4. The van der Waals surface area contributed by atoms with Crippen molar-refractivity contribution >= 4 is 46.8 Å². The molecule has 3 rings (SSSR count). The number of hydrogen-bond donors (Lipinski definition) is 1. The molecule has 0 unspecified atom stereocenters. The molecule has 0 aromatic heterocycles. The zero-order chi connectivity index (χ0) is 24.5. The molecule has 2 aromatic rings. The van der Waals surface area contributed by atoms with E-state index >= 15 is 0 Å². The summed E-state index contributed by atoms with van der Waals surface area (Å²) in [4.78, 5) is 28.2. The largest absolute Gasteiger partial charge is 0.352 e. The Morgan fingerprint density at radius 1 is 1.09 bits per heavy atom. The van der Waals surface area contributed by atoms with Crippen molar-refractivity contribution in [1.29, 1.82) is 0 Å². The molecule has 0 saturated heterocycles. The standard InChI is InChI=1S/C26H31Cl2FN2O2S/c1-2-24(26(33)30-19-10-4-3-5-11-19)31(15-18-9-6-7-12-21(18)27)25(32)17-34-16-20-22(28)13-8-14-23(20)29/h6-9,12-14,19,24H,2-5,10-11,15-17H2,1H3,(H,30,33)/t24-/m1/s1. The van der Waals surface area contributed by atoms with Gasteiger partial charge in [0.05, 0.1) is 5.75 Å². The molecule has 1 saturated carbocycles. The summed E-state index contributed by atoms with van der Waals surface area (Å²) < 4.78 is 14.1. The lowest BCUT2D eigenvalue weighted by Crippen LogP contribution is -2.52. The van der Waals surface area contributed by atoms with Crippen LogP contribution in [0.2, 0.25) is 10.0 Å². The van der Waals surface area contributed by atoms with E-state index in [2.05, 4.69) is 5.32 Å². The summed E-state index contributed by atoms with van der Waals surface area (Å²) in [7, 11) is 0. The molecule has 34 heavy (non-hydrogen) atoms. The predicted molar refractivity (Wildman–Crippen MR) is 139 cm³/mol. The lowest BCUT2D eigenvalue weighted by atomic mass is 9.95. The number of amides is 2. The van der Waals surface area contributed by atoms with Gasteiger partial charge in [-0.05, 0) is 43.0 Å². The number of benzene rings is 2. The summed E-state index contributed by atoms with van der Waals surface area (Å²) in [5.41, 5.74) is 1.16. The fraction of sp³-hybridized carbons (Fsp3) is 0.462. The minimum atomic E-state index is -0.608. The highest BCUT2D eigenvalue weighted by molar-refractivity contribution is 7.99. The van der Waals surface area contributed by atoms with Crippen LogP contribution in [-0.2, 0) is 21.9 Å². The minimum absolute atomic E-state index is 0.0995. The van der Waals surface area contributed by atoms with Gasteiger partial charge in [0.2, 0.25) is 11.8 Å². The van der Waals surface area contributed by atoms with Gasteiger partial charge in [-0.3, -0.25) is 9.59 Å². The molecule has 0 heterocycles. The van der Waals surface area contributed by atoms with Gasteiger partial charge < -0.3 is 10.2 Å². The van der Waals surface area contributed by atoms with Gasteiger partial charge in [-0.2, -0.15) is 0 Å². The maximum Gasteiger partial charge on any atom is 0.243 e. The maximum absolute atomic E-state index is 14.1. The number of carbonyl (C=O) groups excluding carboxylic acids is 2. The van der Waals surface area contributed by atoms with E-state index < -0.39 is 11.9 Å². The Hall–Kier alpha value is -1.76. The van der Waals surface area contributed by atoms with E-state index in [-0.39, 0.29) is 35.9 Å². The molecular formula is C26H31Cl2FN2O2S. The van der Waals surface area contributed by atoms with Crippen LogP contribution in [0.3, 0.4) is 0 Å². The molecule has 1 aliphatic carbocycles. The SMILES string of the molecule is CC[C@H](C(=O)NC1CCCCC1)N(Cc1ccccc1Cl)C(=O)CSCc1c(F)cccc1Cl. The average Bonchev–Trinajstić information content (AvgIpc) is 2.82. The summed E-state index contributed by atoms with van der Waals surface area (Å²) in [5.74, 6) is -0.344. The second kappa shape index (κ2) is 13.4. The Labute approximate surface area is 215 Å².